The highest BCUT2D eigenvalue weighted by atomic mass is 79.9. The maximum absolute atomic E-state index is 12.8. The van der Waals surface area contributed by atoms with Crippen molar-refractivity contribution in [3.05, 3.63) is 55.7 Å². The Labute approximate surface area is 166 Å². The van der Waals surface area contributed by atoms with Crippen LogP contribution in [0.5, 0.6) is 0 Å². The number of aromatic nitrogens is 1. The highest BCUT2D eigenvalue weighted by molar-refractivity contribution is 9.13. The van der Waals surface area contributed by atoms with Gasteiger partial charge in [0, 0.05) is 37.2 Å². The Morgan fingerprint density at radius 2 is 1.88 bits per heavy atom. The molecule has 0 radical (unpaired) electrons. The molecule has 1 aliphatic rings. The van der Waals surface area contributed by atoms with Gasteiger partial charge in [-0.15, -0.1) is 0 Å². The van der Waals surface area contributed by atoms with E-state index in [1.165, 1.54) is 16.7 Å². The minimum Gasteiger partial charge on any atom is -0.312 e. The van der Waals surface area contributed by atoms with Gasteiger partial charge in [0.2, 0.25) is 5.91 Å². The van der Waals surface area contributed by atoms with E-state index in [0.29, 0.717) is 6.42 Å². The number of benzene rings is 1. The minimum absolute atomic E-state index is 0.149. The van der Waals surface area contributed by atoms with Gasteiger partial charge in [0.1, 0.15) is 4.60 Å². The second-order valence-corrected chi connectivity index (χ2v) is 9.18. The van der Waals surface area contributed by atoms with Gasteiger partial charge in [-0.1, -0.05) is 45.0 Å². The van der Waals surface area contributed by atoms with Crippen molar-refractivity contribution in [2.45, 2.75) is 52.0 Å². The molecule has 134 valence electrons. The number of hydrogen-bond donors (Lipinski definition) is 1. The fourth-order valence-corrected chi connectivity index (χ4v) is 4.46. The van der Waals surface area contributed by atoms with E-state index in [1.54, 1.807) is 0 Å². The summed E-state index contributed by atoms with van der Waals surface area (Å²) >= 11 is 7.20. The number of aryl methyl sites for hydroxylation is 1. The Balaban J connectivity index is 1.73. The van der Waals surface area contributed by atoms with Crippen LogP contribution in [0, 0.1) is 0 Å². The molecule has 0 fully saturated rings. The molecule has 2 aromatic rings. The normalized spacial score (nSPS) is 14.4. The number of carbonyl (C=O) groups excluding carboxylic acids is 1. The molecule has 1 aliphatic heterocycles. The number of nitrogens with one attached hydrogen (secondary N) is 1. The van der Waals surface area contributed by atoms with E-state index in [1.807, 2.05) is 4.57 Å². The van der Waals surface area contributed by atoms with Gasteiger partial charge in [0.05, 0.1) is 4.47 Å². The summed E-state index contributed by atoms with van der Waals surface area (Å²) in [7, 11) is 0. The molecule has 25 heavy (non-hydrogen) atoms. The zero-order valence-electron chi connectivity index (χ0n) is 15.0. The Hall–Kier alpha value is -0.910. The quantitative estimate of drug-likeness (QED) is 0.670. The van der Waals surface area contributed by atoms with Crippen molar-refractivity contribution in [1.82, 2.24) is 9.88 Å². The van der Waals surface area contributed by atoms with E-state index in [9.17, 15) is 4.79 Å². The summed E-state index contributed by atoms with van der Waals surface area (Å²) in [5.74, 6) is 0.149. The van der Waals surface area contributed by atoms with E-state index in [0.717, 1.165) is 40.7 Å². The van der Waals surface area contributed by atoms with E-state index in [4.69, 9.17) is 0 Å². The average Bonchev–Trinajstić information content (AvgIpc) is 2.84. The summed E-state index contributed by atoms with van der Waals surface area (Å²) in [5, 5.41) is 3.36. The Kier molecular flexibility index (Phi) is 5.57. The van der Waals surface area contributed by atoms with Gasteiger partial charge >= 0.3 is 0 Å². The van der Waals surface area contributed by atoms with Crippen LogP contribution >= 0.6 is 31.9 Å². The summed E-state index contributed by atoms with van der Waals surface area (Å²) in [5.41, 5.74) is 5.01. The van der Waals surface area contributed by atoms with Crippen LogP contribution in [-0.2, 0) is 24.8 Å². The molecular weight excluding hydrogens is 444 g/mol. The van der Waals surface area contributed by atoms with Crippen LogP contribution in [0.1, 0.15) is 54.4 Å². The SMILES string of the molecule is CC(C)(C)c1ccc(CCC(=O)n2c(Br)c(Br)c3c2CCNC3)cc1. The number of rotatable bonds is 3. The predicted octanol–water partition coefficient (Wildman–Crippen LogP) is 5.23. The van der Waals surface area contributed by atoms with E-state index < -0.39 is 0 Å². The zero-order valence-corrected chi connectivity index (χ0v) is 18.1. The zero-order chi connectivity index (χ0) is 18.2. The lowest BCUT2D eigenvalue weighted by molar-refractivity contribution is 0.0897. The predicted molar refractivity (Wildman–Crippen MR) is 109 cm³/mol. The lowest BCUT2D eigenvalue weighted by Crippen LogP contribution is -2.26. The summed E-state index contributed by atoms with van der Waals surface area (Å²) in [6.07, 6.45) is 2.15. The first kappa shape index (κ1) is 18.9. The average molecular weight is 468 g/mol. The van der Waals surface area contributed by atoms with Crippen molar-refractivity contribution in [3.8, 4) is 0 Å². The van der Waals surface area contributed by atoms with Crippen molar-refractivity contribution < 1.29 is 4.79 Å². The summed E-state index contributed by atoms with van der Waals surface area (Å²) < 4.78 is 3.69. The van der Waals surface area contributed by atoms with Crippen molar-refractivity contribution in [2.75, 3.05) is 6.54 Å². The number of halogens is 2. The van der Waals surface area contributed by atoms with Crippen LogP contribution in [0.3, 0.4) is 0 Å². The summed E-state index contributed by atoms with van der Waals surface area (Å²) in [4.78, 5) is 12.8. The van der Waals surface area contributed by atoms with Crippen molar-refractivity contribution in [3.63, 3.8) is 0 Å². The minimum atomic E-state index is 0.149. The molecule has 0 saturated heterocycles. The molecule has 0 saturated carbocycles. The fourth-order valence-electron chi connectivity index (χ4n) is 3.26. The molecule has 0 unspecified atom stereocenters. The number of nitrogens with zero attached hydrogens (tertiary/aromatic N) is 1. The molecule has 1 aromatic carbocycles. The van der Waals surface area contributed by atoms with Crippen LogP contribution in [0.2, 0.25) is 0 Å². The van der Waals surface area contributed by atoms with Crippen molar-refractivity contribution >= 4 is 37.8 Å². The standard InChI is InChI=1S/C20H24Br2N2O/c1-20(2,3)14-7-4-13(5-8-14)6-9-17(25)24-16-10-11-23-12-15(16)18(21)19(24)22/h4-5,7-8,23H,6,9-12H2,1-3H3. The molecule has 3 rings (SSSR count). The van der Waals surface area contributed by atoms with Gasteiger partial charge in [0.15, 0.2) is 0 Å². The molecule has 2 heterocycles. The number of hydrogen-bond acceptors (Lipinski definition) is 2. The van der Waals surface area contributed by atoms with Crippen LogP contribution in [0.25, 0.3) is 0 Å². The number of carbonyl (C=O) groups is 1. The Bertz CT molecular complexity index is 786. The first-order valence-corrected chi connectivity index (χ1v) is 10.3. The van der Waals surface area contributed by atoms with Gasteiger partial charge in [-0.05, 0) is 54.8 Å². The largest absolute Gasteiger partial charge is 0.312 e. The van der Waals surface area contributed by atoms with Gasteiger partial charge in [-0.3, -0.25) is 9.36 Å². The first-order chi connectivity index (χ1) is 11.8. The molecule has 0 atom stereocenters. The maximum Gasteiger partial charge on any atom is 0.232 e. The van der Waals surface area contributed by atoms with Gasteiger partial charge < -0.3 is 5.32 Å². The first-order valence-electron chi connectivity index (χ1n) is 8.70. The van der Waals surface area contributed by atoms with Gasteiger partial charge in [0.25, 0.3) is 0 Å². The van der Waals surface area contributed by atoms with Crippen LogP contribution < -0.4 is 5.32 Å². The topological polar surface area (TPSA) is 34.0 Å². The van der Waals surface area contributed by atoms with Crippen LogP contribution in [0.4, 0.5) is 0 Å². The highest BCUT2D eigenvalue weighted by Crippen LogP contribution is 2.34. The van der Waals surface area contributed by atoms with Crippen molar-refractivity contribution in [1.29, 1.82) is 0 Å². The molecule has 1 N–H and O–H groups in total. The second-order valence-electron chi connectivity index (χ2n) is 7.63. The van der Waals surface area contributed by atoms with Gasteiger partial charge in [-0.25, -0.2) is 0 Å². The van der Waals surface area contributed by atoms with Crippen LogP contribution in [0.15, 0.2) is 33.3 Å². The third-order valence-corrected chi connectivity index (χ3v) is 6.94. The Morgan fingerprint density at radius 1 is 1.20 bits per heavy atom. The molecule has 0 spiro atoms. The second kappa shape index (κ2) is 7.37. The molecule has 5 heteroatoms. The summed E-state index contributed by atoms with van der Waals surface area (Å²) in [6, 6.07) is 8.65. The molecule has 0 aliphatic carbocycles. The molecule has 0 amide bonds. The van der Waals surface area contributed by atoms with E-state index in [-0.39, 0.29) is 11.3 Å². The third kappa shape index (κ3) is 3.93. The molecule has 0 bridgehead atoms. The monoisotopic (exact) mass is 466 g/mol. The highest BCUT2D eigenvalue weighted by Gasteiger charge is 2.25. The van der Waals surface area contributed by atoms with Gasteiger partial charge in [-0.2, -0.15) is 0 Å². The van der Waals surface area contributed by atoms with E-state index >= 15 is 0 Å². The van der Waals surface area contributed by atoms with Crippen molar-refractivity contribution in [2.24, 2.45) is 0 Å². The van der Waals surface area contributed by atoms with E-state index in [2.05, 4.69) is 82.2 Å². The maximum atomic E-state index is 12.8. The lowest BCUT2D eigenvalue weighted by Gasteiger charge is -2.19. The Morgan fingerprint density at radius 3 is 2.52 bits per heavy atom. The molecule has 3 nitrogen and oxygen atoms in total. The third-order valence-electron chi connectivity index (χ3n) is 4.80. The summed E-state index contributed by atoms with van der Waals surface area (Å²) in [6.45, 7) is 8.36. The molecular formula is C20H24Br2N2O. The number of fused-ring (bicyclic) bond motifs is 1. The molecule has 1 aromatic heterocycles. The fraction of sp³-hybridized carbons (Fsp3) is 0.450. The smallest absolute Gasteiger partial charge is 0.232 e. The lowest BCUT2D eigenvalue weighted by atomic mass is 9.86. The van der Waals surface area contributed by atoms with Crippen LogP contribution in [-0.4, -0.2) is 17.0 Å².